The van der Waals surface area contributed by atoms with Gasteiger partial charge in [-0.1, -0.05) is 27.2 Å². The lowest BCUT2D eigenvalue weighted by molar-refractivity contribution is 0.0952. The minimum absolute atomic E-state index is 0. The number of amides is 1. The third-order valence-electron chi connectivity index (χ3n) is 6.66. The summed E-state index contributed by atoms with van der Waals surface area (Å²) in [5.74, 6) is 2.60. The molecule has 2 aromatic rings. The number of piperazine rings is 1. The average Bonchev–Trinajstić information content (AvgIpc) is 2.78. The Hall–Kier alpha value is -2.32. The van der Waals surface area contributed by atoms with Crippen molar-refractivity contribution in [2.75, 3.05) is 44.2 Å². The van der Waals surface area contributed by atoms with Crippen molar-refractivity contribution in [1.29, 1.82) is 0 Å². The molecule has 9 heteroatoms. The van der Waals surface area contributed by atoms with Gasteiger partial charge in [0.15, 0.2) is 0 Å². The van der Waals surface area contributed by atoms with E-state index in [0.717, 1.165) is 57.2 Å². The number of hydrogen-bond acceptors (Lipinski definition) is 7. The molecule has 1 N–H and O–H groups in total. The molecule has 186 valence electrons. The van der Waals surface area contributed by atoms with Gasteiger partial charge in [-0.2, -0.15) is 10.2 Å². The summed E-state index contributed by atoms with van der Waals surface area (Å²) in [6.07, 6.45) is 8.90. The zero-order valence-electron chi connectivity index (χ0n) is 20.7. The number of aromatic nitrogens is 4. The molecule has 0 unspecified atom stereocenters. The van der Waals surface area contributed by atoms with Gasteiger partial charge in [-0.05, 0) is 38.3 Å². The number of anilines is 1. The van der Waals surface area contributed by atoms with E-state index in [4.69, 9.17) is 9.97 Å². The molecule has 0 spiro atoms. The van der Waals surface area contributed by atoms with Crippen LogP contribution in [-0.4, -0.2) is 70.2 Å². The van der Waals surface area contributed by atoms with Crippen LogP contribution in [0.3, 0.4) is 0 Å². The van der Waals surface area contributed by atoms with Gasteiger partial charge in [-0.15, -0.1) is 12.4 Å². The minimum Gasteiger partial charge on any atom is -0.354 e. The van der Waals surface area contributed by atoms with Crippen LogP contribution in [0.1, 0.15) is 80.7 Å². The van der Waals surface area contributed by atoms with Crippen molar-refractivity contribution in [3.63, 3.8) is 0 Å². The second kappa shape index (κ2) is 11.9. The van der Waals surface area contributed by atoms with E-state index in [9.17, 15) is 4.79 Å². The highest BCUT2D eigenvalue weighted by atomic mass is 35.5. The zero-order valence-corrected chi connectivity index (χ0v) is 21.5. The molecule has 4 rings (SSSR count). The van der Waals surface area contributed by atoms with E-state index in [-0.39, 0.29) is 23.7 Å². The van der Waals surface area contributed by atoms with Crippen molar-refractivity contribution in [2.45, 2.75) is 64.2 Å². The molecule has 2 fully saturated rings. The highest BCUT2D eigenvalue weighted by Crippen LogP contribution is 2.37. The molecule has 1 aliphatic heterocycles. The molecule has 1 saturated heterocycles. The van der Waals surface area contributed by atoms with Gasteiger partial charge in [0.05, 0.1) is 18.0 Å². The summed E-state index contributed by atoms with van der Waals surface area (Å²) in [6.45, 7) is 12.4. The van der Waals surface area contributed by atoms with Gasteiger partial charge in [0.25, 0.3) is 5.91 Å². The Balaban J connectivity index is 0.00000324. The van der Waals surface area contributed by atoms with Gasteiger partial charge in [0.1, 0.15) is 11.6 Å². The predicted octanol–water partition coefficient (Wildman–Crippen LogP) is 3.59. The van der Waals surface area contributed by atoms with Crippen LogP contribution < -0.4 is 10.2 Å². The third-order valence-corrected chi connectivity index (χ3v) is 6.66. The van der Waals surface area contributed by atoms with Crippen LogP contribution >= 0.6 is 12.4 Å². The Bertz CT molecular complexity index is 923. The molecule has 8 nitrogen and oxygen atoms in total. The summed E-state index contributed by atoms with van der Waals surface area (Å²) in [7, 11) is 0. The molecular formula is C25H38ClN7O. The smallest absolute Gasteiger partial charge is 0.252 e. The van der Waals surface area contributed by atoms with Crippen LogP contribution in [0.4, 0.5) is 5.82 Å². The molecule has 1 saturated carbocycles. The van der Waals surface area contributed by atoms with Crippen molar-refractivity contribution in [3.8, 4) is 0 Å². The molecule has 3 heterocycles. The van der Waals surface area contributed by atoms with Crippen molar-refractivity contribution < 1.29 is 4.79 Å². The number of hydrogen-bond donors (Lipinski definition) is 1. The standard InChI is InChI=1S/C25H37N7O.ClH/c1-25(2,3)24-29-21(19-7-6-8-19)17-22(30-24)32-15-13-31(14-16-32)12-5-4-10-26-23(33)20-9-11-27-28-18-20;/h9,11,17-19H,4-8,10,12-16H2,1-3H3,(H,26,33);1H. The monoisotopic (exact) mass is 487 g/mol. The largest absolute Gasteiger partial charge is 0.354 e. The number of carbonyl (C=O) groups is 1. The Morgan fingerprint density at radius 2 is 1.85 bits per heavy atom. The maximum absolute atomic E-state index is 12.0. The first-order valence-electron chi connectivity index (χ1n) is 12.3. The molecule has 0 radical (unpaired) electrons. The van der Waals surface area contributed by atoms with Crippen LogP contribution in [0.2, 0.25) is 0 Å². The minimum atomic E-state index is -0.0840. The van der Waals surface area contributed by atoms with E-state index in [0.29, 0.717) is 18.0 Å². The maximum atomic E-state index is 12.0. The Morgan fingerprint density at radius 3 is 2.47 bits per heavy atom. The highest BCUT2D eigenvalue weighted by Gasteiger charge is 2.27. The molecule has 0 atom stereocenters. The van der Waals surface area contributed by atoms with Crippen molar-refractivity contribution >= 4 is 24.1 Å². The summed E-state index contributed by atoms with van der Waals surface area (Å²) >= 11 is 0. The molecule has 34 heavy (non-hydrogen) atoms. The van der Waals surface area contributed by atoms with Gasteiger partial charge in [0.2, 0.25) is 0 Å². The van der Waals surface area contributed by atoms with Gasteiger partial charge in [-0.25, -0.2) is 9.97 Å². The molecule has 0 aromatic carbocycles. The molecule has 1 amide bonds. The molecule has 2 aliphatic rings. The molecule has 1 aliphatic carbocycles. The lowest BCUT2D eigenvalue weighted by Gasteiger charge is -2.36. The van der Waals surface area contributed by atoms with Crippen LogP contribution in [0.25, 0.3) is 0 Å². The summed E-state index contributed by atoms with van der Waals surface area (Å²) in [5.41, 5.74) is 1.75. The first kappa shape index (κ1) is 26.3. The fourth-order valence-corrected chi connectivity index (χ4v) is 4.25. The lowest BCUT2D eigenvalue weighted by Crippen LogP contribution is -2.47. The second-order valence-corrected chi connectivity index (χ2v) is 10.3. The second-order valence-electron chi connectivity index (χ2n) is 10.3. The van der Waals surface area contributed by atoms with E-state index in [1.165, 1.54) is 37.4 Å². The van der Waals surface area contributed by atoms with E-state index in [2.05, 4.69) is 52.2 Å². The summed E-state index contributed by atoms with van der Waals surface area (Å²) in [4.78, 5) is 26.9. The van der Waals surface area contributed by atoms with Crippen molar-refractivity contribution in [3.05, 3.63) is 41.6 Å². The Morgan fingerprint density at radius 1 is 1.09 bits per heavy atom. The first-order chi connectivity index (χ1) is 15.9. The SMILES string of the molecule is CC(C)(C)c1nc(C2CCC2)cc(N2CCN(CCCCNC(=O)c3ccnnc3)CC2)n1.Cl. The average molecular weight is 488 g/mol. The van der Waals surface area contributed by atoms with E-state index >= 15 is 0 Å². The molecule has 2 aromatic heterocycles. The normalized spacial score (nSPS) is 17.1. The van der Waals surface area contributed by atoms with Gasteiger partial charge >= 0.3 is 0 Å². The number of nitrogens with zero attached hydrogens (tertiary/aromatic N) is 6. The summed E-state index contributed by atoms with van der Waals surface area (Å²) in [6, 6.07) is 3.93. The summed E-state index contributed by atoms with van der Waals surface area (Å²) < 4.78 is 0. The zero-order chi connectivity index (χ0) is 23.3. The number of nitrogens with one attached hydrogen (secondary N) is 1. The van der Waals surface area contributed by atoms with Crippen molar-refractivity contribution in [1.82, 2.24) is 30.4 Å². The Kier molecular flexibility index (Phi) is 9.19. The predicted molar refractivity (Wildman–Crippen MR) is 137 cm³/mol. The van der Waals surface area contributed by atoms with Crippen LogP contribution in [0.5, 0.6) is 0 Å². The van der Waals surface area contributed by atoms with Gasteiger partial charge in [0, 0.05) is 55.8 Å². The topological polar surface area (TPSA) is 87.1 Å². The number of unbranched alkanes of at least 4 members (excludes halogenated alkanes) is 1. The molecule has 0 bridgehead atoms. The quantitative estimate of drug-likeness (QED) is 0.569. The fraction of sp³-hybridized carbons (Fsp3) is 0.640. The van der Waals surface area contributed by atoms with Crippen LogP contribution in [0.15, 0.2) is 24.5 Å². The number of carbonyl (C=O) groups excluding carboxylic acids is 1. The van der Waals surface area contributed by atoms with Crippen LogP contribution in [-0.2, 0) is 5.41 Å². The Labute approximate surface area is 209 Å². The van der Waals surface area contributed by atoms with E-state index in [1.54, 1.807) is 6.07 Å². The van der Waals surface area contributed by atoms with Gasteiger partial charge in [-0.3, -0.25) is 9.69 Å². The van der Waals surface area contributed by atoms with Crippen molar-refractivity contribution in [2.24, 2.45) is 0 Å². The first-order valence-corrected chi connectivity index (χ1v) is 12.3. The fourth-order valence-electron chi connectivity index (χ4n) is 4.25. The lowest BCUT2D eigenvalue weighted by atomic mass is 9.82. The van der Waals surface area contributed by atoms with E-state index in [1.807, 2.05) is 0 Å². The number of rotatable bonds is 8. The molecular weight excluding hydrogens is 450 g/mol. The van der Waals surface area contributed by atoms with E-state index < -0.39 is 0 Å². The maximum Gasteiger partial charge on any atom is 0.252 e. The van der Waals surface area contributed by atoms with Crippen LogP contribution in [0, 0.1) is 0 Å². The van der Waals surface area contributed by atoms with Gasteiger partial charge < -0.3 is 10.2 Å². The third kappa shape index (κ3) is 6.85. The number of halogens is 1. The highest BCUT2D eigenvalue weighted by molar-refractivity contribution is 5.93. The summed E-state index contributed by atoms with van der Waals surface area (Å²) in [5, 5.41) is 10.4.